The summed E-state index contributed by atoms with van der Waals surface area (Å²) in [6.45, 7) is 8.17. The lowest BCUT2D eigenvalue weighted by molar-refractivity contribution is 0.193. The molecule has 1 aromatic carbocycles. The van der Waals surface area contributed by atoms with Crippen molar-refractivity contribution in [2.75, 3.05) is 45.2 Å². The van der Waals surface area contributed by atoms with Gasteiger partial charge < -0.3 is 15.1 Å². The van der Waals surface area contributed by atoms with Crippen LogP contribution in [-0.2, 0) is 0 Å². The first-order valence-electron chi connectivity index (χ1n) is 10.1. The SMILES string of the molecule is CC(C)C1CN(C2CCN(c3ccccc3F)CC2)CC1NC(=O)N(C)C. The molecule has 2 atom stereocenters. The number of piperidine rings is 1. The third kappa shape index (κ3) is 4.54. The predicted molar refractivity (Wildman–Crippen MR) is 108 cm³/mol. The number of para-hydroxylation sites is 1. The Bertz CT molecular complexity index is 643. The molecule has 3 rings (SSSR count). The van der Waals surface area contributed by atoms with Gasteiger partial charge in [-0.15, -0.1) is 0 Å². The minimum Gasteiger partial charge on any atom is -0.369 e. The van der Waals surface area contributed by atoms with Crippen molar-refractivity contribution in [1.82, 2.24) is 15.1 Å². The highest BCUT2D eigenvalue weighted by atomic mass is 19.1. The number of hydrogen-bond acceptors (Lipinski definition) is 3. The molecule has 0 radical (unpaired) electrons. The molecule has 2 unspecified atom stereocenters. The number of rotatable bonds is 4. The highest BCUT2D eigenvalue weighted by Gasteiger charge is 2.39. The molecule has 0 saturated carbocycles. The number of carbonyl (C=O) groups is 1. The van der Waals surface area contributed by atoms with E-state index < -0.39 is 0 Å². The normalized spacial score (nSPS) is 24.4. The van der Waals surface area contributed by atoms with Gasteiger partial charge in [0.05, 0.1) is 5.69 Å². The number of likely N-dealkylation sites (tertiary alicyclic amines) is 1. The molecule has 0 aliphatic carbocycles. The van der Waals surface area contributed by atoms with Gasteiger partial charge in [0.25, 0.3) is 0 Å². The summed E-state index contributed by atoms with van der Waals surface area (Å²) in [6, 6.07) is 7.74. The number of nitrogens with one attached hydrogen (secondary N) is 1. The molecule has 2 fully saturated rings. The van der Waals surface area contributed by atoms with E-state index in [4.69, 9.17) is 0 Å². The summed E-state index contributed by atoms with van der Waals surface area (Å²) in [7, 11) is 3.57. The van der Waals surface area contributed by atoms with Crippen molar-refractivity contribution in [3.63, 3.8) is 0 Å². The van der Waals surface area contributed by atoms with Crippen molar-refractivity contribution in [3.8, 4) is 0 Å². The molecule has 6 heteroatoms. The molecule has 5 nitrogen and oxygen atoms in total. The summed E-state index contributed by atoms with van der Waals surface area (Å²) in [5.41, 5.74) is 0.716. The van der Waals surface area contributed by atoms with Crippen LogP contribution in [0.5, 0.6) is 0 Å². The van der Waals surface area contributed by atoms with Crippen LogP contribution in [0.1, 0.15) is 26.7 Å². The molecular weight excluding hydrogens is 343 g/mol. The molecule has 27 heavy (non-hydrogen) atoms. The van der Waals surface area contributed by atoms with Crippen molar-refractivity contribution in [3.05, 3.63) is 30.1 Å². The smallest absolute Gasteiger partial charge is 0.317 e. The van der Waals surface area contributed by atoms with Crippen LogP contribution in [-0.4, -0.2) is 68.2 Å². The van der Waals surface area contributed by atoms with E-state index >= 15 is 0 Å². The Morgan fingerprint density at radius 2 is 1.85 bits per heavy atom. The number of benzene rings is 1. The topological polar surface area (TPSA) is 38.8 Å². The van der Waals surface area contributed by atoms with Crippen LogP contribution in [0, 0.1) is 17.7 Å². The zero-order valence-electron chi connectivity index (χ0n) is 17.0. The van der Waals surface area contributed by atoms with Crippen LogP contribution in [0.2, 0.25) is 0 Å². The second-order valence-electron chi connectivity index (χ2n) is 8.48. The fourth-order valence-electron chi connectivity index (χ4n) is 4.45. The third-order valence-electron chi connectivity index (χ3n) is 6.14. The standard InChI is InChI=1S/C21H33FN4O/c1-15(2)17-13-26(14-19(17)23-21(27)24(3)4)16-9-11-25(12-10-16)20-8-6-5-7-18(20)22/h5-8,15-17,19H,9-14H2,1-4H3,(H,23,27). The Kier molecular flexibility index (Phi) is 6.25. The third-order valence-corrected chi connectivity index (χ3v) is 6.14. The van der Waals surface area contributed by atoms with Crippen molar-refractivity contribution in [1.29, 1.82) is 0 Å². The first-order chi connectivity index (χ1) is 12.9. The van der Waals surface area contributed by atoms with E-state index in [2.05, 4.69) is 29.0 Å². The van der Waals surface area contributed by atoms with E-state index in [0.29, 0.717) is 23.6 Å². The maximum atomic E-state index is 14.1. The number of hydrogen-bond donors (Lipinski definition) is 1. The molecule has 2 saturated heterocycles. The van der Waals surface area contributed by atoms with Crippen molar-refractivity contribution < 1.29 is 9.18 Å². The lowest BCUT2D eigenvalue weighted by Gasteiger charge is -2.38. The molecule has 0 spiro atoms. The van der Waals surface area contributed by atoms with Gasteiger partial charge in [0.2, 0.25) is 0 Å². The summed E-state index contributed by atoms with van der Waals surface area (Å²) < 4.78 is 14.1. The van der Waals surface area contributed by atoms with E-state index in [1.165, 1.54) is 6.07 Å². The first kappa shape index (κ1) is 19.9. The largest absolute Gasteiger partial charge is 0.369 e. The Hall–Kier alpha value is -1.82. The maximum absolute atomic E-state index is 14.1. The van der Waals surface area contributed by atoms with E-state index in [9.17, 15) is 9.18 Å². The second-order valence-corrected chi connectivity index (χ2v) is 8.48. The molecule has 150 valence electrons. The van der Waals surface area contributed by atoms with Crippen molar-refractivity contribution in [2.24, 2.45) is 11.8 Å². The number of urea groups is 1. The fourth-order valence-corrected chi connectivity index (χ4v) is 4.45. The van der Waals surface area contributed by atoms with Gasteiger partial charge in [-0.25, -0.2) is 9.18 Å². The molecule has 0 bridgehead atoms. The predicted octanol–water partition coefficient (Wildman–Crippen LogP) is 3.02. The van der Waals surface area contributed by atoms with Gasteiger partial charge in [-0.05, 0) is 36.8 Å². The van der Waals surface area contributed by atoms with Crippen LogP contribution in [0.25, 0.3) is 0 Å². The summed E-state index contributed by atoms with van der Waals surface area (Å²) in [5.74, 6) is 0.864. The Labute approximate surface area is 162 Å². The van der Waals surface area contributed by atoms with Gasteiger partial charge in [0, 0.05) is 52.4 Å². The fraction of sp³-hybridized carbons (Fsp3) is 0.667. The number of carbonyl (C=O) groups excluding carboxylic acids is 1. The van der Waals surface area contributed by atoms with Gasteiger partial charge in [0.1, 0.15) is 5.82 Å². The summed E-state index contributed by atoms with van der Waals surface area (Å²) in [5, 5.41) is 3.21. The van der Waals surface area contributed by atoms with Gasteiger partial charge in [-0.3, -0.25) is 4.90 Å². The molecule has 1 N–H and O–H groups in total. The van der Waals surface area contributed by atoms with Crippen molar-refractivity contribution >= 4 is 11.7 Å². The molecule has 1 aromatic rings. The lowest BCUT2D eigenvalue weighted by Crippen LogP contribution is -2.47. The molecule has 2 heterocycles. The molecule has 2 aliphatic rings. The second kappa shape index (κ2) is 8.46. The van der Waals surface area contributed by atoms with Gasteiger partial charge in [0.15, 0.2) is 0 Å². The zero-order valence-corrected chi connectivity index (χ0v) is 17.0. The Morgan fingerprint density at radius 1 is 1.19 bits per heavy atom. The summed E-state index contributed by atoms with van der Waals surface area (Å²) in [6.07, 6.45) is 2.07. The number of amides is 2. The van der Waals surface area contributed by atoms with Crippen LogP contribution in [0.3, 0.4) is 0 Å². The number of anilines is 1. The zero-order chi connectivity index (χ0) is 19.6. The highest BCUT2D eigenvalue weighted by Crippen LogP contribution is 2.31. The van der Waals surface area contributed by atoms with Crippen LogP contribution < -0.4 is 10.2 Å². The minimum absolute atomic E-state index is 0.0122. The average Bonchev–Trinajstić information content (AvgIpc) is 3.06. The van der Waals surface area contributed by atoms with E-state index in [0.717, 1.165) is 39.0 Å². The van der Waals surface area contributed by atoms with Crippen LogP contribution >= 0.6 is 0 Å². The highest BCUT2D eigenvalue weighted by molar-refractivity contribution is 5.74. The summed E-state index contributed by atoms with van der Waals surface area (Å²) >= 11 is 0. The monoisotopic (exact) mass is 376 g/mol. The molecule has 2 aliphatic heterocycles. The van der Waals surface area contributed by atoms with Crippen molar-refractivity contribution in [2.45, 2.75) is 38.8 Å². The van der Waals surface area contributed by atoms with Crippen LogP contribution in [0.4, 0.5) is 14.9 Å². The van der Waals surface area contributed by atoms with Crippen LogP contribution in [0.15, 0.2) is 24.3 Å². The number of halogens is 1. The minimum atomic E-state index is -0.136. The summed E-state index contributed by atoms with van der Waals surface area (Å²) in [4.78, 5) is 18.4. The number of nitrogens with zero attached hydrogens (tertiary/aromatic N) is 3. The molecular formula is C21H33FN4O. The maximum Gasteiger partial charge on any atom is 0.317 e. The molecule has 0 aromatic heterocycles. The van der Waals surface area contributed by atoms with Gasteiger partial charge >= 0.3 is 6.03 Å². The Morgan fingerprint density at radius 3 is 2.44 bits per heavy atom. The quantitative estimate of drug-likeness (QED) is 0.878. The first-order valence-corrected chi connectivity index (χ1v) is 10.1. The van der Waals surface area contributed by atoms with E-state index in [-0.39, 0.29) is 17.9 Å². The molecule has 2 amide bonds. The van der Waals surface area contributed by atoms with E-state index in [1.807, 2.05) is 12.1 Å². The van der Waals surface area contributed by atoms with Gasteiger partial charge in [-0.1, -0.05) is 26.0 Å². The Balaban J connectivity index is 1.59. The van der Waals surface area contributed by atoms with E-state index in [1.54, 1.807) is 25.1 Å². The lowest BCUT2D eigenvalue weighted by atomic mass is 9.91. The van der Waals surface area contributed by atoms with Gasteiger partial charge in [-0.2, -0.15) is 0 Å². The average molecular weight is 377 g/mol.